The van der Waals surface area contributed by atoms with Gasteiger partial charge in [0.1, 0.15) is 0 Å². The number of likely N-dealkylation sites (N-methyl/N-ethyl adjacent to an activating group) is 1. The third-order valence-corrected chi connectivity index (χ3v) is 7.76. The fourth-order valence-corrected chi connectivity index (χ4v) is 5.87. The van der Waals surface area contributed by atoms with E-state index in [-0.39, 0.29) is 0 Å². The molecule has 1 aliphatic heterocycles. The van der Waals surface area contributed by atoms with Crippen molar-refractivity contribution in [3.8, 4) is 6.19 Å². The first-order chi connectivity index (χ1) is 15.5. The fourth-order valence-electron chi connectivity index (χ4n) is 4.78. The van der Waals surface area contributed by atoms with Gasteiger partial charge in [-0.25, -0.2) is 13.7 Å². The lowest BCUT2D eigenvalue weighted by Gasteiger charge is -2.28. The summed E-state index contributed by atoms with van der Waals surface area (Å²) in [4.78, 5) is 14.3. The quantitative estimate of drug-likeness (QED) is 0.713. The summed E-state index contributed by atoms with van der Waals surface area (Å²) < 4.78 is 42.4. The van der Waals surface area contributed by atoms with E-state index in [0.29, 0.717) is 19.4 Å². The van der Waals surface area contributed by atoms with Gasteiger partial charge in [-0.2, -0.15) is 5.26 Å². The van der Waals surface area contributed by atoms with Crippen LogP contribution in [0, 0.1) is 11.5 Å². The van der Waals surface area contributed by atoms with Crippen LogP contribution in [0.25, 0.3) is 0 Å². The molecule has 8 heteroatoms. The standard InChI is InChI=1S/C22H29N5O2S/c1-22(10-5-12-27(22)2)11-13-30(29,24-15-23)26-21(28)25-20-18-8-3-6-16(18)14-17-7-4-9-19(17)20/h11,13-14H,3-10,12H2,1-2H3,(H2,24,25,26,28,29)/b13-11+/t22-,30?/m1/s1/i2D3. The molecule has 1 aromatic carbocycles. The molecule has 1 aromatic rings. The van der Waals surface area contributed by atoms with E-state index in [0.717, 1.165) is 55.3 Å². The van der Waals surface area contributed by atoms with Gasteiger partial charge in [-0.15, -0.1) is 0 Å². The number of benzene rings is 1. The van der Waals surface area contributed by atoms with Gasteiger partial charge in [-0.1, -0.05) is 16.5 Å². The van der Waals surface area contributed by atoms with E-state index in [9.17, 15) is 9.00 Å². The van der Waals surface area contributed by atoms with Crippen molar-refractivity contribution in [2.75, 3.05) is 18.8 Å². The molecule has 0 radical (unpaired) electrons. The molecule has 160 valence electrons. The van der Waals surface area contributed by atoms with E-state index in [1.807, 2.05) is 0 Å². The minimum absolute atomic E-state index is 0.381. The van der Waals surface area contributed by atoms with Crippen molar-refractivity contribution < 1.29 is 13.1 Å². The van der Waals surface area contributed by atoms with Crippen LogP contribution in [0.3, 0.4) is 0 Å². The molecular formula is C22H29N5O2S. The van der Waals surface area contributed by atoms with Gasteiger partial charge in [0, 0.05) is 20.7 Å². The number of fused-ring (bicyclic) bond motifs is 2. The van der Waals surface area contributed by atoms with Crippen LogP contribution in [-0.4, -0.2) is 34.2 Å². The third kappa shape index (κ3) is 3.96. The minimum atomic E-state index is -3.57. The normalized spacial score (nSPS) is 26.7. The van der Waals surface area contributed by atoms with Gasteiger partial charge in [0.2, 0.25) is 6.19 Å². The number of urea groups is 1. The minimum Gasteiger partial charge on any atom is -0.307 e. The molecule has 0 bridgehead atoms. The predicted octanol–water partition coefficient (Wildman–Crippen LogP) is 3.65. The van der Waals surface area contributed by atoms with Crippen LogP contribution < -0.4 is 10.0 Å². The summed E-state index contributed by atoms with van der Waals surface area (Å²) in [6.07, 6.45) is 10.1. The molecule has 3 aliphatic rings. The van der Waals surface area contributed by atoms with Crippen molar-refractivity contribution in [3.05, 3.63) is 39.8 Å². The van der Waals surface area contributed by atoms with E-state index in [4.69, 9.17) is 9.37 Å². The number of hydrogen-bond acceptors (Lipinski definition) is 5. The summed E-state index contributed by atoms with van der Waals surface area (Å²) in [5.41, 5.74) is 4.71. The van der Waals surface area contributed by atoms with Crippen molar-refractivity contribution in [3.63, 3.8) is 0 Å². The summed E-state index contributed by atoms with van der Waals surface area (Å²) in [5, 5.41) is 13.2. The van der Waals surface area contributed by atoms with Gasteiger partial charge in [-0.3, -0.25) is 4.90 Å². The van der Waals surface area contributed by atoms with E-state index in [1.54, 1.807) is 6.92 Å². The van der Waals surface area contributed by atoms with Gasteiger partial charge in [0.05, 0.1) is 0 Å². The summed E-state index contributed by atoms with van der Waals surface area (Å²) >= 11 is 0. The summed E-state index contributed by atoms with van der Waals surface area (Å²) in [6.45, 7) is -0.181. The molecule has 1 unspecified atom stereocenters. The first-order valence-electron chi connectivity index (χ1n) is 11.9. The highest BCUT2D eigenvalue weighted by Gasteiger charge is 2.32. The molecular weight excluding hydrogens is 398 g/mol. The first kappa shape index (κ1) is 17.3. The summed E-state index contributed by atoms with van der Waals surface area (Å²) in [6, 6.07) is 1.56. The molecule has 0 spiro atoms. The van der Waals surface area contributed by atoms with Crippen LogP contribution >= 0.6 is 0 Å². The Morgan fingerprint density at radius 1 is 1.30 bits per heavy atom. The smallest absolute Gasteiger partial charge is 0.307 e. The number of carbonyl (C=O) groups is 1. The van der Waals surface area contributed by atoms with Crippen molar-refractivity contribution in [1.82, 2.24) is 9.62 Å². The Kier molecular flexibility index (Phi) is 4.65. The fraction of sp³-hybridized carbons (Fsp3) is 0.545. The molecule has 2 N–H and O–H groups in total. The topological polar surface area (TPSA) is 97.6 Å². The van der Waals surface area contributed by atoms with Crippen LogP contribution in [0.2, 0.25) is 0 Å². The van der Waals surface area contributed by atoms with Crippen LogP contribution in [0.4, 0.5) is 10.5 Å². The second-order valence-corrected chi connectivity index (χ2v) is 10.3. The Morgan fingerprint density at radius 2 is 2.00 bits per heavy atom. The molecule has 4 rings (SSSR count). The third-order valence-electron chi connectivity index (χ3n) is 6.42. The Morgan fingerprint density at radius 3 is 2.63 bits per heavy atom. The van der Waals surface area contributed by atoms with E-state index >= 15 is 0 Å². The molecule has 1 fully saturated rings. The van der Waals surface area contributed by atoms with Gasteiger partial charge in [0.25, 0.3) is 0 Å². The maximum Gasteiger partial charge on any atom is 0.331 e. The second kappa shape index (κ2) is 8.05. The average Bonchev–Trinajstić information content (AvgIpc) is 3.45. The van der Waals surface area contributed by atoms with Crippen molar-refractivity contribution in [2.45, 2.75) is 63.8 Å². The summed E-state index contributed by atoms with van der Waals surface area (Å²) in [5.74, 6) is 0. The molecule has 1 saturated heterocycles. The van der Waals surface area contributed by atoms with Gasteiger partial charge < -0.3 is 5.32 Å². The molecule has 1 heterocycles. The lowest BCUT2D eigenvalue weighted by atomic mass is 9.99. The van der Waals surface area contributed by atoms with Gasteiger partial charge >= 0.3 is 6.03 Å². The predicted molar refractivity (Wildman–Crippen MR) is 118 cm³/mol. The number of nitriles is 1. The lowest BCUT2D eigenvalue weighted by Crippen LogP contribution is -2.37. The maximum atomic E-state index is 13.3. The average molecular weight is 431 g/mol. The maximum absolute atomic E-state index is 13.3. The number of amides is 2. The number of nitrogens with one attached hydrogen (secondary N) is 2. The molecule has 2 amide bonds. The zero-order valence-corrected chi connectivity index (χ0v) is 18.0. The molecule has 2 atom stereocenters. The number of carbonyl (C=O) groups excluding carboxylic acids is 1. The highest BCUT2D eigenvalue weighted by atomic mass is 32.2. The van der Waals surface area contributed by atoms with Crippen molar-refractivity contribution in [2.24, 2.45) is 4.36 Å². The van der Waals surface area contributed by atoms with E-state index in [1.165, 1.54) is 33.7 Å². The Balaban J connectivity index is 1.57. The number of nitrogens with zero attached hydrogens (tertiary/aromatic N) is 3. The van der Waals surface area contributed by atoms with E-state index < -0.39 is 28.5 Å². The largest absolute Gasteiger partial charge is 0.331 e. The monoisotopic (exact) mass is 430 g/mol. The van der Waals surface area contributed by atoms with Crippen molar-refractivity contribution in [1.29, 1.82) is 5.26 Å². The lowest BCUT2D eigenvalue weighted by molar-refractivity contribution is 0.251. The van der Waals surface area contributed by atoms with Crippen LogP contribution in [0.1, 0.15) is 59.0 Å². The highest BCUT2D eigenvalue weighted by molar-refractivity contribution is 7.95. The second-order valence-electron chi connectivity index (χ2n) is 8.47. The molecule has 30 heavy (non-hydrogen) atoms. The Hall–Kier alpha value is -2.37. The van der Waals surface area contributed by atoms with E-state index in [2.05, 4.69) is 20.5 Å². The molecule has 0 aromatic heterocycles. The van der Waals surface area contributed by atoms with Crippen molar-refractivity contribution >= 4 is 21.6 Å². The highest BCUT2D eigenvalue weighted by Crippen LogP contribution is 2.38. The number of likely N-dealkylation sites (tertiary alicyclic amines) is 1. The SMILES string of the molecule is [2H]C([2H])([2H])N1CCC[C@]1(C)/C=C/S(=O)(=NC#N)NC(=O)Nc1c2c(cc3c1CCC3)CCC2. The van der Waals surface area contributed by atoms with Crippen LogP contribution in [0.15, 0.2) is 21.9 Å². The number of hydrogen-bond donors (Lipinski definition) is 2. The zero-order valence-electron chi connectivity index (χ0n) is 20.2. The number of anilines is 1. The van der Waals surface area contributed by atoms with Crippen LogP contribution in [-0.2, 0) is 35.6 Å². The molecule has 7 nitrogen and oxygen atoms in total. The zero-order chi connectivity index (χ0) is 23.9. The Bertz CT molecular complexity index is 1130. The van der Waals surface area contributed by atoms with Gasteiger partial charge in [-0.05, 0) is 94.1 Å². The summed E-state index contributed by atoms with van der Waals surface area (Å²) in [7, 11) is -3.57. The Labute approximate surface area is 183 Å². The number of rotatable bonds is 4. The first-order valence-corrected chi connectivity index (χ1v) is 12.0. The van der Waals surface area contributed by atoms with Crippen LogP contribution in [0.5, 0.6) is 0 Å². The molecule has 2 aliphatic carbocycles. The van der Waals surface area contributed by atoms with Gasteiger partial charge in [0.15, 0.2) is 9.92 Å². The molecule has 0 saturated carbocycles. The number of aryl methyl sites for hydroxylation is 2.